The lowest BCUT2D eigenvalue weighted by Crippen LogP contribution is -2.36. The van der Waals surface area contributed by atoms with Crippen molar-refractivity contribution in [3.63, 3.8) is 0 Å². The fourth-order valence-corrected chi connectivity index (χ4v) is 4.18. The van der Waals surface area contributed by atoms with Crippen LogP contribution in [0.2, 0.25) is 0 Å². The van der Waals surface area contributed by atoms with Crippen LogP contribution in [0.4, 0.5) is 5.69 Å². The first-order valence-electron chi connectivity index (χ1n) is 9.45. The van der Waals surface area contributed by atoms with Crippen molar-refractivity contribution in [2.75, 3.05) is 18.0 Å². The average molecular weight is 365 g/mol. The summed E-state index contributed by atoms with van der Waals surface area (Å²) in [5.74, 6) is -0.340. The van der Waals surface area contributed by atoms with Gasteiger partial charge in [0.15, 0.2) is 0 Å². The quantitative estimate of drug-likeness (QED) is 0.843. The Bertz CT molecular complexity index is 1000. The van der Waals surface area contributed by atoms with Crippen LogP contribution in [0.5, 0.6) is 0 Å². The molecule has 140 valence electrons. The molecule has 1 N–H and O–H groups in total. The number of H-pyrrole nitrogens is 1. The number of carbonyl (C=O) groups excluding carboxylic acids is 1. The minimum Gasteiger partial charge on any atom is -0.458 e. The average Bonchev–Trinajstić information content (AvgIpc) is 3.39. The number of nitrogens with one attached hydrogen (secondary N) is 1. The van der Waals surface area contributed by atoms with E-state index >= 15 is 0 Å². The molecule has 0 bridgehead atoms. The summed E-state index contributed by atoms with van der Waals surface area (Å²) in [5.41, 5.74) is 2.56. The van der Waals surface area contributed by atoms with Gasteiger partial charge in [-0.2, -0.15) is 5.26 Å². The van der Waals surface area contributed by atoms with Gasteiger partial charge < -0.3 is 14.6 Å². The van der Waals surface area contributed by atoms with E-state index in [1.807, 2.05) is 25.1 Å². The van der Waals surface area contributed by atoms with E-state index in [0.717, 1.165) is 36.9 Å². The minimum atomic E-state index is -0.395. The molecule has 1 saturated heterocycles. The van der Waals surface area contributed by atoms with E-state index < -0.39 is 6.10 Å². The topological polar surface area (TPSA) is 86.2 Å². The molecule has 1 aromatic carbocycles. The molecule has 1 aliphatic heterocycles. The van der Waals surface area contributed by atoms with E-state index in [-0.39, 0.29) is 17.1 Å². The highest BCUT2D eigenvalue weighted by Gasteiger charge is 2.44. The molecule has 1 atom stereocenters. The number of piperidine rings is 1. The maximum absolute atomic E-state index is 12.5. The molecule has 6 heteroatoms. The van der Waals surface area contributed by atoms with Gasteiger partial charge in [-0.05, 0) is 55.7 Å². The maximum atomic E-state index is 12.5. The number of esters is 1. The van der Waals surface area contributed by atoms with Gasteiger partial charge in [-0.1, -0.05) is 6.07 Å². The molecule has 6 nitrogen and oxygen atoms in total. The Hall–Kier alpha value is -2.81. The molecule has 0 amide bonds. The normalized spacial score (nSPS) is 18.9. The molecule has 1 saturated carbocycles. The van der Waals surface area contributed by atoms with Gasteiger partial charge in [-0.3, -0.25) is 9.59 Å². The molecular formula is C21H23N3O3. The number of carbonyl (C=O) groups is 1. The third-order valence-corrected chi connectivity index (χ3v) is 6.03. The smallest absolute Gasteiger partial charge is 0.303 e. The number of hydrogen-bond donors (Lipinski definition) is 1. The number of aromatic nitrogens is 1. The minimum absolute atomic E-state index is 0.159. The molecule has 1 spiro atoms. The van der Waals surface area contributed by atoms with Crippen LogP contribution >= 0.6 is 0 Å². The summed E-state index contributed by atoms with van der Waals surface area (Å²) >= 11 is 0. The molecule has 2 heterocycles. The Morgan fingerprint density at radius 3 is 2.59 bits per heavy atom. The highest BCUT2D eigenvalue weighted by molar-refractivity contribution is 5.95. The lowest BCUT2D eigenvalue weighted by atomic mass is 9.92. The summed E-state index contributed by atoms with van der Waals surface area (Å²) in [4.78, 5) is 28.7. The van der Waals surface area contributed by atoms with Crippen LogP contribution in [0, 0.1) is 16.7 Å². The predicted octanol–water partition coefficient (Wildman–Crippen LogP) is 3.40. The summed E-state index contributed by atoms with van der Waals surface area (Å²) < 4.78 is 5.30. The molecule has 1 aromatic heterocycles. The van der Waals surface area contributed by atoms with Crippen molar-refractivity contribution in [2.45, 2.75) is 45.6 Å². The molecule has 27 heavy (non-hydrogen) atoms. The van der Waals surface area contributed by atoms with E-state index in [4.69, 9.17) is 4.74 Å². The number of benzene rings is 1. The Balaban J connectivity index is 1.82. The van der Waals surface area contributed by atoms with Crippen LogP contribution < -0.4 is 10.5 Å². The molecular weight excluding hydrogens is 342 g/mol. The lowest BCUT2D eigenvalue weighted by Gasteiger charge is -2.35. The van der Waals surface area contributed by atoms with Crippen LogP contribution in [0.1, 0.15) is 56.8 Å². The summed E-state index contributed by atoms with van der Waals surface area (Å²) in [6, 6.07) is 7.69. The van der Waals surface area contributed by atoms with Crippen molar-refractivity contribution in [1.29, 1.82) is 5.26 Å². The number of nitriles is 1. The van der Waals surface area contributed by atoms with Gasteiger partial charge in [0, 0.05) is 25.4 Å². The number of fused-ring (bicyclic) bond motifs is 1. The second kappa shape index (κ2) is 6.41. The summed E-state index contributed by atoms with van der Waals surface area (Å²) in [5, 5.41) is 10.5. The SMILES string of the molecule is CC(=O)OC(C)c1ccc2[nH]c(=O)c(C#N)c(N3CCC4(CC3)CC4)c2c1. The van der Waals surface area contributed by atoms with Gasteiger partial charge in [-0.15, -0.1) is 0 Å². The Morgan fingerprint density at radius 2 is 2.00 bits per heavy atom. The highest BCUT2D eigenvalue weighted by atomic mass is 16.5. The van der Waals surface area contributed by atoms with E-state index in [1.54, 1.807) is 0 Å². The van der Waals surface area contributed by atoms with Crippen molar-refractivity contribution in [2.24, 2.45) is 5.41 Å². The zero-order valence-corrected chi connectivity index (χ0v) is 15.7. The van der Waals surface area contributed by atoms with Crippen molar-refractivity contribution in [3.05, 3.63) is 39.7 Å². The number of anilines is 1. The monoisotopic (exact) mass is 365 g/mol. The first-order chi connectivity index (χ1) is 12.9. The zero-order chi connectivity index (χ0) is 19.2. The van der Waals surface area contributed by atoms with Gasteiger partial charge >= 0.3 is 5.97 Å². The zero-order valence-electron chi connectivity index (χ0n) is 15.7. The van der Waals surface area contributed by atoms with E-state index in [2.05, 4.69) is 16.0 Å². The summed E-state index contributed by atoms with van der Waals surface area (Å²) in [6.45, 7) is 4.92. The lowest BCUT2D eigenvalue weighted by molar-refractivity contribution is -0.145. The van der Waals surface area contributed by atoms with Gasteiger partial charge in [-0.25, -0.2) is 0 Å². The number of aromatic amines is 1. The predicted molar refractivity (Wildman–Crippen MR) is 103 cm³/mol. The van der Waals surface area contributed by atoms with E-state index in [9.17, 15) is 14.9 Å². The number of rotatable bonds is 3. The van der Waals surface area contributed by atoms with Gasteiger partial charge in [0.1, 0.15) is 17.7 Å². The highest BCUT2D eigenvalue weighted by Crippen LogP contribution is 2.54. The third kappa shape index (κ3) is 3.18. The summed E-state index contributed by atoms with van der Waals surface area (Å²) in [7, 11) is 0. The fraction of sp³-hybridized carbons (Fsp3) is 0.476. The van der Waals surface area contributed by atoms with Crippen LogP contribution in [-0.2, 0) is 9.53 Å². The third-order valence-electron chi connectivity index (χ3n) is 6.03. The second-order valence-electron chi connectivity index (χ2n) is 7.83. The van der Waals surface area contributed by atoms with Crippen molar-refractivity contribution in [3.8, 4) is 6.07 Å². The first kappa shape index (κ1) is 17.6. The van der Waals surface area contributed by atoms with Crippen LogP contribution in [-0.4, -0.2) is 24.0 Å². The number of ether oxygens (including phenoxy) is 1. The van der Waals surface area contributed by atoms with Crippen LogP contribution in [0.3, 0.4) is 0 Å². The van der Waals surface area contributed by atoms with Crippen molar-refractivity contribution >= 4 is 22.6 Å². The van der Waals surface area contributed by atoms with E-state index in [1.165, 1.54) is 19.8 Å². The number of nitrogens with zero attached hydrogens (tertiary/aromatic N) is 2. The van der Waals surface area contributed by atoms with Gasteiger partial charge in [0.05, 0.1) is 11.2 Å². The molecule has 2 fully saturated rings. The van der Waals surface area contributed by atoms with Crippen molar-refractivity contribution in [1.82, 2.24) is 4.98 Å². The first-order valence-corrected chi connectivity index (χ1v) is 9.45. The van der Waals surface area contributed by atoms with Crippen molar-refractivity contribution < 1.29 is 9.53 Å². The Labute approximate surface area is 157 Å². The maximum Gasteiger partial charge on any atom is 0.303 e. The van der Waals surface area contributed by atoms with E-state index in [0.29, 0.717) is 16.6 Å². The second-order valence-corrected chi connectivity index (χ2v) is 7.83. The fourth-order valence-electron chi connectivity index (χ4n) is 4.18. The van der Waals surface area contributed by atoms with Gasteiger partial charge in [0.25, 0.3) is 5.56 Å². The molecule has 0 radical (unpaired) electrons. The molecule has 2 aromatic rings. The number of pyridine rings is 1. The van der Waals surface area contributed by atoms with Gasteiger partial charge in [0.2, 0.25) is 0 Å². The van der Waals surface area contributed by atoms with Crippen LogP contribution in [0.15, 0.2) is 23.0 Å². The molecule has 2 aliphatic rings. The molecule has 1 aliphatic carbocycles. The molecule has 1 unspecified atom stereocenters. The Morgan fingerprint density at radius 1 is 1.30 bits per heavy atom. The van der Waals surface area contributed by atoms with Crippen LogP contribution in [0.25, 0.3) is 10.9 Å². The summed E-state index contributed by atoms with van der Waals surface area (Å²) in [6.07, 6.45) is 4.41. The largest absolute Gasteiger partial charge is 0.458 e. The molecule has 4 rings (SSSR count). The standard InChI is InChI=1S/C21H23N3O3/c1-13(27-14(2)25)15-3-4-18-16(11-15)19(17(12-22)20(26)23-18)24-9-7-21(5-6-21)8-10-24/h3-4,11,13H,5-10H2,1-2H3,(H,23,26). The Kier molecular flexibility index (Phi) is 4.18. The number of hydrogen-bond acceptors (Lipinski definition) is 5.